The van der Waals surface area contributed by atoms with Gasteiger partial charge in [-0.3, -0.25) is 0 Å². The summed E-state index contributed by atoms with van der Waals surface area (Å²) in [6.07, 6.45) is 1.88. The van der Waals surface area contributed by atoms with Gasteiger partial charge in [0.25, 0.3) is 0 Å². The van der Waals surface area contributed by atoms with Crippen molar-refractivity contribution in [3.8, 4) is 11.4 Å². The van der Waals surface area contributed by atoms with Crippen molar-refractivity contribution >= 4 is 16.9 Å². The lowest BCUT2D eigenvalue weighted by molar-refractivity contribution is 0.0697. The third kappa shape index (κ3) is 3.05. The Kier molecular flexibility index (Phi) is 4.15. The smallest absolute Gasteiger partial charge is 0.337 e. The number of aromatic nitrogens is 1. The van der Waals surface area contributed by atoms with Gasteiger partial charge in [-0.05, 0) is 42.0 Å². The molecule has 0 radical (unpaired) electrons. The van der Waals surface area contributed by atoms with Gasteiger partial charge in [-0.1, -0.05) is 42.5 Å². The summed E-state index contributed by atoms with van der Waals surface area (Å²) in [4.78, 5) is 11.5. The van der Waals surface area contributed by atoms with Crippen molar-refractivity contribution in [2.24, 2.45) is 0 Å². The van der Waals surface area contributed by atoms with E-state index in [1.165, 1.54) is 0 Å². The minimum Gasteiger partial charge on any atom is -0.489 e. The molecule has 4 heteroatoms. The van der Waals surface area contributed by atoms with Gasteiger partial charge in [-0.25, -0.2) is 4.79 Å². The summed E-state index contributed by atoms with van der Waals surface area (Å²) in [7, 11) is 0. The molecular formula is C22H17NO3. The minimum atomic E-state index is -0.940. The molecule has 0 amide bonds. The molecule has 1 heterocycles. The topological polar surface area (TPSA) is 51.5 Å². The van der Waals surface area contributed by atoms with E-state index in [0.717, 1.165) is 22.2 Å². The molecule has 0 aliphatic carbocycles. The highest BCUT2D eigenvalue weighted by Gasteiger charge is 2.12. The lowest BCUT2D eigenvalue weighted by Gasteiger charge is -2.10. The van der Waals surface area contributed by atoms with Gasteiger partial charge >= 0.3 is 5.97 Å². The number of para-hydroxylation sites is 1. The Balaban J connectivity index is 1.65. The Morgan fingerprint density at radius 3 is 2.50 bits per heavy atom. The van der Waals surface area contributed by atoms with Crippen LogP contribution in [-0.2, 0) is 6.61 Å². The summed E-state index contributed by atoms with van der Waals surface area (Å²) >= 11 is 0. The second kappa shape index (κ2) is 6.76. The van der Waals surface area contributed by atoms with Gasteiger partial charge in [0.15, 0.2) is 0 Å². The van der Waals surface area contributed by atoms with E-state index in [4.69, 9.17) is 4.74 Å². The number of carboxylic acids is 1. The van der Waals surface area contributed by atoms with Crippen LogP contribution in [0.2, 0.25) is 0 Å². The van der Waals surface area contributed by atoms with E-state index in [-0.39, 0.29) is 5.56 Å². The number of benzene rings is 3. The predicted molar refractivity (Wildman–Crippen MR) is 101 cm³/mol. The Labute approximate surface area is 150 Å². The van der Waals surface area contributed by atoms with Gasteiger partial charge in [0, 0.05) is 11.6 Å². The molecule has 0 aliphatic rings. The Bertz CT molecular complexity index is 1070. The second-order valence-corrected chi connectivity index (χ2v) is 6.00. The maximum atomic E-state index is 11.5. The third-order valence-electron chi connectivity index (χ3n) is 4.30. The molecule has 0 spiro atoms. The highest BCUT2D eigenvalue weighted by atomic mass is 16.5. The molecule has 4 aromatic rings. The average Bonchev–Trinajstić information content (AvgIpc) is 3.10. The summed E-state index contributed by atoms with van der Waals surface area (Å²) < 4.78 is 7.76. The molecule has 0 saturated heterocycles. The number of carbonyl (C=O) groups is 1. The van der Waals surface area contributed by atoms with E-state index in [9.17, 15) is 9.90 Å². The van der Waals surface area contributed by atoms with Crippen molar-refractivity contribution in [2.45, 2.75) is 6.61 Å². The molecule has 128 valence electrons. The number of rotatable bonds is 5. The summed E-state index contributed by atoms with van der Waals surface area (Å²) in [5, 5.41) is 10.4. The fourth-order valence-electron chi connectivity index (χ4n) is 3.03. The van der Waals surface area contributed by atoms with Crippen molar-refractivity contribution in [2.75, 3.05) is 0 Å². The normalized spacial score (nSPS) is 10.8. The summed E-state index contributed by atoms with van der Waals surface area (Å²) in [6, 6.07) is 24.8. The average molecular weight is 343 g/mol. The molecule has 4 rings (SSSR count). The molecule has 0 bridgehead atoms. The lowest BCUT2D eigenvalue weighted by Crippen LogP contribution is -2.04. The third-order valence-corrected chi connectivity index (χ3v) is 4.30. The van der Waals surface area contributed by atoms with E-state index in [2.05, 4.69) is 0 Å². The van der Waals surface area contributed by atoms with E-state index >= 15 is 0 Å². The van der Waals surface area contributed by atoms with Crippen LogP contribution in [0.3, 0.4) is 0 Å². The fourth-order valence-corrected chi connectivity index (χ4v) is 3.03. The monoisotopic (exact) mass is 343 g/mol. The zero-order valence-electron chi connectivity index (χ0n) is 14.0. The van der Waals surface area contributed by atoms with E-state index in [0.29, 0.717) is 12.3 Å². The van der Waals surface area contributed by atoms with Gasteiger partial charge in [0.2, 0.25) is 0 Å². The van der Waals surface area contributed by atoms with Gasteiger partial charge in [-0.15, -0.1) is 0 Å². The molecule has 1 N–H and O–H groups in total. The molecule has 0 aliphatic heterocycles. The van der Waals surface area contributed by atoms with Crippen LogP contribution in [-0.4, -0.2) is 15.6 Å². The van der Waals surface area contributed by atoms with Crippen molar-refractivity contribution in [1.82, 2.24) is 4.57 Å². The molecule has 0 fully saturated rings. The largest absolute Gasteiger partial charge is 0.489 e. The first-order valence-corrected chi connectivity index (χ1v) is 8.33. The van der Waals surface area contributed by atoms with Crippen molar-refractivity contribution in [3.63, 3.8) is 0 Å². The van der Waals surface area contributed by atoms with Crippen LogP contribution in [0.25, 0.3) is 16.6 Å². The lowest BCUT2D eigenvalue weighted by atomic mass is 10.1. The van der Waals surface area contributed by atoms with Gasteiger partial charge in [-0.2, -0.15) is 0 Å². The van der Waals surface area contributed by atoms with E-state index < -0.39 is 5.97 Å². The second-order valence-electron chi connectivity index (χ2n) is 6.00. The van der Waals surface area contributed by atoms with Crippen molar-refractivity contribution in [1.29, 1.82) is 0 Å². The van der Waals surface area contributed by atoms with Gasteiger partial charge < -0.3 is 14.4 Å². The highest BCUT2D eigenvalue weighted by molar-refractivity contribution is 5.93. The Morgan fingerprint density at radius 1 is 0.923 bits per heavy atom. The Hall–Kier alpha value is -3.53. The number of fused-ring (bicyclic) bond motifs is 1. The summed E-state index contributed by atoms with van der Waals surface area (Å²) in [5.74, 6) is -0.157. The molecule has 3 aromatic carbocycles. The van der Waals surface area contributed by atoms with Crippen LogP contribution >= 0.6 is 0 Å². The van der Waals surface area contributed by atoms with Crippen LogP contribution in [0.1, 0.15) is 15.9 Å². The first kappa shape index (κ1) is 16.0. The Morgan fingerprint density at radius 2 is 1.69 bits per heavy atom. The van der Waals surface area contributed by atoms with E-state index in [1.807, 2.05) is 77.5 Å². The number of aromatic carboxylic acids is 1. The molecule has 26 heavy (non-hydrogen) atoms. The van der Waals surface area contributed by atoms with Crippen molar-refractivity contribution in [3.05, 3.63) is 96.2 Å². The minimum absolute atomic E-state index is 0.273. The molecule has 1 aromatic heterocycles. The zero-order chi connectivity index (χ0) is 17.9. The van der Waals surface area contributed by atoms with Crippen LogP contribution < -0.4 is 4.74 Å². The van der Waals surface area contributed by atoms with Crippen LogP contribution in [0.15, 0.2) is 85.1 Å². The maximum absolute atomic E-state index is 11.5. The molecular weight excluding hydrogens is 326 g/mol. The predicted octanol–water partition coefficient (Wildman–Crippen LogP) is 4.91. The number of ether oxygens (including phenoxy) is 1. The van der Waals surface area contributed by atoms with Gasteiger partial charge in [0.1, 0.15) is 12.4 Å². The van der Waals surface area contributed by atoms with E-state index in [1.54, 1.807) is 12.1 Å². The fraction of sp³-hybridized carbons (Fsp3) is 0.0455. The summed E-state index contributed by atoms with van der Waals surface area (Å²) in [6.45, 7) is 0.509. The number of nitrogens with zero attached hydrogens (tertiary/aromatic N) is 1. The first-order chi connectivity index (χ1) is 12.7. The number of hydrogen-bond donors (Lipinski definition) is 1. The van der Waals surface area contributed by atoms with Crippen LogP contribution in [0.5, 0.6) is 5.75 Å². The number of carboxylic acid groups (broad SMARTS) is 1. The maximum Gasteiger partial charge on any atom is 0.337 e. The number of hydrogen-bond acceptors (Lipinski definition) is 2. The standard InChI is InChI=1S/C22H17NO3/c24-22(25)19-8-4-5-9-21(19)23-13-12-17-14-18(10-11-20(17)23)26-15-16-6-2-1-3-7-16/h1-14H,15H2,(H,24,25). The summed E-state index contributed by atoms with van der Waals surface area (Å²) in [5.41, 5.74) is 2.97. The first-order valence-electron chi connectivity index (χ1n) is 8.33. The van der Waals surface area contributed by atoms with Gasteiger partial charge in [0.05, 0.1) is 16.8 Å². The van der Waals surface area contributed by atoms with Crippen LogP contribution in [0.4, 0.5) is 0 Å². The van der Waals surface area contributed by atoms with Crippen LogP contribution in [0, 0.1) is 0 Å². The zero-order valence-corrected chi connectivity index (χ0v) is 14.0. The highest BCUT2D eigenvalue weighted by Crippen LogP contribution is 2.26. The molecule has 4 nitrogen and oxygen atoms in total. The molecule has 0 atom stereocenters. The quantitative estimate of drug-likeness (QED) is 0.560. The van der Waals surface area contributed by atoms with Crippen molar-refractivity contribution < 1.29 is 14.6 Å². The molecule has 0 saturated carbocycles. The SMILES string of the molecule is O=C(O)c1ccccc1-n1ccc2cc(OCc3ccccc3)ccc21. The molecule has 0 unspecified atom stereocenters.